The summed E-state index contributed by atoms with van der Waals surface area (Å²) in [6, 6.07) is 0. The minimum Gasteiger partial charge on any atom is -0.481 e. The van der Waals surface area contributed by atoms with Crippen LogP contribution in [0.1, 0.15) is 0 Å². The number of hydrogen-bond acceptors (Lipinski definition) is 4. The summed E-state index contributed by atoms with van der Waals surface area (Å²) in [7, 11) is 1.32. The molecule has 1 aliphatic carbocycles. The van der Waals surface area contributed by atoms with Crippen LogP contribution in [0.5, 0.6) is 0 Å². The zero-order chi connectivity index (χ0) is 11.6. The summed E-state index contributed by atoms with van der Waals surface area (Å²) in [4.78, 5) is 21.6. The minimum atomic E-state index is -1.38. The van der Waals surface area contributed by atoms with Crippen LogP contribution in [0.2, 0.25) is 0 Å². The van der Waals surface area contributed by atoms with Gasteiger partial charge < -0.3 is 20.1 Å². The molecule has 0 amide bonds. The first-order chi connectivity index (χ1) is 6.99. The maximum Gasteiger partial charge on any atom is 0.311 e. The molecular weight excluding hydrogens is 204 g/mol. The van der Waals surface area contributed by atoms with Crippen molar-refractivity contribution >= 4 is 11.9 Å². The molecule has 0 aromatic rings. The molecule has 0 fully saturated rings. The first-order valence-corrected chi connectivity index (χ1v) is 4.33. The predicted octanol–water partition coefficient (Wildman–Crippen LogP) is -0.666. The fourth-order valence-corrected chi connectivity index (χ4v) is 1.63. The van der Waals surface area contributed by atoms with Crippen molar-refractivity contribution in [2.24, 2.45) is 11.8 Å². The van der Waals surface area contributed by atoms with Crippen LogP contribution in [-0.2, 0) is 14.3 Å². The Hall–Kier alpha value is -1.40. The van der Waals surface area contributed by atoms with Crippen molar-refractivity contribution in [2.75, 3.05) is 7.11 Å². The SMILES string of the molecule is COC1C=CC(C(=O)O)C(C(=O)O)C1O. The summed E-state index contributed by atoms with van der Waals surface area (Å²) in [5.74, 6) is -5.21. The molecule has 1 rings (SSSR count). The van der Waals surface area contributed by atoms with Gasteiger partial charge in [0.1, 0.15) is 12.0 Å². The predicted molar refractivity (Wildman–Crippen MR) is 48.2 cm³/mol. The number of carboxylic acid groups (broad SMARTS) is 2. The van der Waals surface area contributed by atoms with E-state index >= 15 is 0 Å². The van der Waals surface area contributed by atoms with Gasteiger partial charge in [0.05, 0.1) is 12.0 Å². The van der Waals surface area contributed by atoms with Crippen molar-refractivity contribution in [3.05, 3.63) is 12.2 Å². The van der Waals surface area contributed by atoms with E-state index in [1.54, 1.807) is 0 Å². The fourth-order valence-electron chi connectivity index (χ4n) is 1.63. The van der Waals surface area contributed by atoms with Gasteiger partial charge in [-0.2, -0.15) is 0 Å². The van der Waals surface area contributed by atoms with Crippen LogP contribution < -0.4 is 0 Å². The van der Waals surface area contributed by atoms with Gasteiger partial charge in [-0.05, 0) is 0 Å². The summed E-state index contributed by atoms with van der Waals surface area (Å²) in [5, 5.41) is 27.2. The van der Waals surface area contributed by atoms with E-state index in [4.69, 9.17) is 14.9 Å². The van der Waals surface area contributed by atoms with E-state index in [0.29, 0.717) is 0 Å². The Morgan fingerprint density at radius 1 is 1.20 bits per heavy atom. The standard InChI is InChI=1S/C9H12O6/c1-15-5-3-2-4(8(11)12)6(7(5)10)9(13)14/h2-7,10H,1H3,(H,11,12)(H,13,14). The highest BCUT2D eigenvalue weighted by Gasteiger charge is 2.43. The number of aliphatic hydroxyl groups is 1. The van der Waals surface area contributed by atoms with Crippen molar-refractivity contribution in [2.45, 2.75) is 12.2 Å². The minimum absolute atomic E-state index is 0.776. The quantitative estimate of drug-likeness (QED) is 0.541. The van der Waals surface area contributed by atoms with Crippen molar-refractivity contribution in [1.82, 2.24) is 0 Å². The number of ether oxygens (including phenoxy) is 1. The lowest BCUT2D eigenvalue weighted by Gasteiger charge is -2.31. The van der Waals surface area contributed by atoms with Crippen molar-refractivity contribution < 1.29 is 29.6 Å². The lowest BCUT2D eigenvalue weighted by Crippen LogP contribution is -2.46. The molecule has 84 valence electrons. The van der Waals surface area contributed by atoms with Crippen molar-refractivity contribution in [3.8, 4) is 0 Å². The van der Waals surface area contributed by atoms with Gasteiger partial charge in [-0.25, -0.2) is 0 Å². The van der Waals surface area contributed by atoms with Gasteiger partial charge in [-0.15, -0.1) is 0 Å². The van der Waals surface area contributed by atoms with Crippen LogP contribution in [0.3, 0.4) is 0 Å². The summed E-state index contributed by atoms with van der Waals surface area (Å²) >= 11 is 0. The van der Waals surface area contributed by atoms with E-state index in [9.17, 15) is 14.7 Å². The Labute approximate surface area is 85.8 Å². The topological polar surface area (TPSA) is 104 Å². The molecule has 3 N–H and O–H groups in total. The van der Waals surface area contributed by atoms with Crippen molar-refractivity contribution in [1.29, 1.82) is 0 Å². The van der Waals surface area contributed by atoms with Crippen LogP contribution in [0.25, 0.3) is 0 Å². The van der Waals surface area contributed by atoms with Gasteiger partial charge in [-0.3, -0.25) is 9.59 Å². The molecule has 0 aromatic heterocycles. The summed E-state index contributed by atoms with van der Waals surface area (Å²) in [5.41, 5.74) is 0. The molecule has 0 bridgehead atoms. The van der Waals surface area contributed by atoms with Gasteiger partial charge in [0.25, 0.3) is 0 Å². The number of hydrogen-bond donors (Lipinski definition) is 3. The van der Waals surface area contributed by atoms with Gasteiger partial charge >= 0.3 is 11.9 Å². The van der Waals surface area contributed by atoms with E-state index in [1.807, 2.05) is 0 Å². The molecule has 0 aromatic carbocycles. The Morgan fingerprint density at radius 2 is 1.80 bits per heavy atom. The Bertz CT molecular complexity index is 297. The average Bonchev–Trinajstić information content (AvgIpc) is 2.16. The molecule has 1 aliphatic rings. The summed E-state index contributed by atoms with van der Waals surface area (Å²) < 4.78 is 4.82. The largest absolute Gasteiger partial charge is 0.481 e. The van der Waals surface area contributed by atoms with E-state index in [1.165, 1.54) is 19.3 Å². The molecule has 4 atom stereocenters. The van der Waals surface area contributed by atoms with Crippen LogP contribution in [-0.4, -0.2) is 46.6 Å². The second-order valence-corrected chi connectivity index (χ2v) is 3.30. The van der Waals surface area contributed by atoms with Gasteiger partial charge in [0.15, 0.2) is 0 Å². The molecule has 0 aliphatic heterocycles. The maximum atomic E-state index is 10.8. The summed E-state index contributed by atoms with van der Waals surface area (Å²) in [6.45, 7) is 0. The lowest BCUT2D eigenvalue weighted by molar-refractivity contribution is -0.160. The van der Waals surface area contributed by atoms with Crippen LogP contribution in [0, 0.1) is 11.8 Å². The van der Waals surface area contributed by atoms with Crippen LogP contribution >= 0.6 is 0 Å². The number of aliphatic hydroxyl groups excluding tert-OH is 1. The maximum absolute atomic E-state index is 10.8. The normalized spacial score (nSPS) is 35.1. The van der Waals surface area contributed by atoms with E-state index in [2.05, 4.69) is 0 Å². The first-order valence-electron chi connectivity index (χ1n) is 4.33. The van der Waals surface area contributed by atoms with Gasteiger partial charge in [0.2, 0.25) is 0 Å². The Kier molecular flexibility index (Phi) is 3.43. The highest BCUT2D eigenvalue weighted by atomic mass is 16.5. The molecule has 15 heavy (non-hydrogen) atoms. The van der Waals surface area contributed by atoms with E-state index < -0.39 is 36.0 Å². The smallest absolute Gasteiger partial charge is 0.311 e. The molecular formula is C9H12O6. The molecule has 0 radical (unpaired) electrons. The fraction of sp³-hybridized carbons (Fsp3) is 0.556. The molecule has 4 unspecified atom stereocenters. The first kappa shape index (κ1) is 11.7. The molecule has 6 heteroatoms. The molecule has 0 spiro atoms. The number of rotatable bonds is 3. The second kappa shape index (κ2) is 4.41. The lowest BCUT2D eigenvalue weighted by atomic mass is 9.80. The third-order valence-corrected chi connectivity index (χ3v) is 2.44. The number of methoxy groups -OCH3 is 1. The van der Waals surface area contributed by atoms with Gasteiger partial charge in [-0.1, -0.05) is 12.2 Å². The van der Waals surface area contributed by atoms with E-state index in [-0.39, 0.29) is 0 Å². The second-order valence-electron chi connectivity index (χ2n) is 3.30. The average molecular weight is 216 g/mol. The zero-order valence-corrected chi connectivity index (χ0v) is 8.03. The van der Waals surface area contributed by atoms with Crippen molar-refractivity contribution in [3.63, 3.8) is 0 Å². The molecule has 0 saturated carbocycles. The van der Waals surface area contributed by atoms with Crippen LogP contribution in [0.15, 0.2) is 12.2 Å². The highest BCUT2D eigenvalue weighted by molar-refractivity contribution is 5.82. The molecule has 6 nitrogen and oxygen atoms in total. The van der Waals surface area contributed by atoms with Gasteiger partial charge in [0, 0.05) is 7.11 Å². The Morgan fingerprint density at radius 3 is 2.20 bits per heavy atom. The number of carboxylic acids is 2. The third kappa shape index (κ3) is 2.16. The molecule has 0 heterocycles. The van der Waals surface area contributed by atoms with Crippen LogP contribution in [0.4, 0.5) is 0 Å². The Balaban J connectivity index is 3.00. The number of aliphatic carboxylic acids is 2. The van der Waals surface area contributed by atoms with E-state index in [0.717, 1.165) is 0 Å². The highest BCUT2D eigenvalue weighted by Crippen LogP contribution is 2.27. The summed E-state index contributed by atoms with van der Waals surface area (Å²) in [6.07, 6.45) is 0.477. The number of carbonyl (C=O) groups is 2. The zero-order valence-electron chi connectivity index (χ0n) is 8.03. The third-order valence-electron chi connectivity index (χ3n) is 2.44. The molecule has 0 saturated heterocycles. The monoisotopic (exact) mass is 216 g/mol.